The molecule has 1 aliphatic rings. The predicted octanol–water partition coefficient (Wildman–Crippen LogP) is 5.07. The van der Waals surface area contributed by atoms with Crippen molar-refractivity contribution in [1.29, 1.82) is 0 Å². The number of nitrogens with zero attached hydrogens (tertiary/aromatic N) is 3. The Kier molecular flexibility index (Phi) is 6.79. The molecular weight excluding hydrogens is 473 g/mol. The number of rotatable bonds is 6. The highest BCUT2D eigenvalue weighted by Crippen LogP contribution is 2.36. The highest BCUT2D eigenvalue weighted by molar-refractivity contribution is 6.00. The first-order valence-electron chi connectivity index (χ1n) is 11.5. The van der Waals surface area contributed by atoms with E-state index in [-0.39, 0.29) is 18.0 Å². The van der Waals surface area contributed by atoms with Gasteiger partial charge in [0.25, 0.3) is 5.91 Å². The van der Waals surface area contributed by atoms with Gasteiger partial charge in [-0.15, -0.1) is 0 Å². The summed E-state index contributed by atoms with van der Waals surface area (Å²) in [5.41, 5.74) is 2.24. The number of carbonyl (C=O) groups excluding carboxylic acids is 2. The number of fused-ring (bicyclic) bond motifs is 1. The molecule has 1 N–H and O–H groups in total. The number of alkyl halides is 3. The third kappa shape index (κ3) is 4.80. The highest BCUT2D eigenvalue weighted by atomic mass is 19.4. The van der Waals surface area contributed by atoms with Gasteiger partial charge in [-0.1, -0.05) is 24.3 Å². The second-order valence-electron chi connectivity index (χ2n) is 8.81. The molecule has 4 rings (SSSR count). The Hall–Kier alpha value is -3.82. The maximum absolute atomic E-state index is 13.4. The molecule has 0 saturated carbocycles. The number of halogens is 3. The molecule has 3 aromatic rings. The van der Waals surface area contributed by atoms with Gasteiger partial charge < -0.3 is 15.0 Å². The fraction of sp³-hybridized carbons (Fsp3) is 0.346. The number of esters is 1. The van der Waals surface area contributed by atoms with Gasteiger partial charge in [0, 0.05) is 6.54 Å². The number of benzene rings is 2. The molecule has 2 atom stereocenters. The third-order valence-corrected chi connectivity index (χ3v) is 6.52. The Balaban J connectivity index is 1.55. The van der Waals surface area contributed by atoms with Gasteiger partial charge in [-0.25, -0.2) is 9.48 Å². The molecule has 190 valence electrons. The van der Waals surface area contributed by atoms with Gasteiger partial charge in [0.15, 0.2) is 0 Å². The van der Waals surface area contributed by atoms with E-state index >= 15 is 0 Å². The largest absolute Gasteiger partial charge is 0.465 e. The van der Waals surface area contributed by atoms with E-state index in [9.17, 15) is 22.8 Å². The van der Waals surface area contributed by atoms with Crippen molar-refractivity contribution in [2.24, 2.45) is 0 Å². The molecule has 0 fully saturated rings. The molecule has 1 aliphatic heterocycles. The van der Waals surface area contributed by atoms with E-state index in [1.54, 1.807) is 35.9 Å². The summed E-state index contributed by atoms with van der Waals surface area (Å²) >= 11 is 0. The second kappa shape index (κ2) is 9.67. The summed E-state index contributed by atoms with van der Waals surface area (Å²) in [5.74, 6) is -0.0954. The van der Waals surface area contributed by atoms with Gasteiger partial charge in [0.05, 0.1) is 42.6 Å². The monoisotopic (exact) mass is 500 g/mol. The topological polar surface area (TPSA) is 76.5 Å². The Labute approximate surface area is 206 Å². The van der Waals surface area contributed by atoms with E-state index in [2.05, 4.69) is 10.4 Å². The number of aryl methyl sites for hydroxylation is 1. The molecule has 1 aromatic heterocycles. The van der Waals surface area contributed by atoms with Crippen molar-refractivity contribution in [1.82, 2.24) is 15.1 Å². The average Bonchev–Trinajstić information content (AvgIpc) is 3.40. The number of hydrogen-bond donors (Lipinski definition) is 1. The van der Waals surface area contributed by atoms with Crippen molar-refractivity contribution in [3.8, 4) is 0 Å². The lowest BCUT2D eigenvalue weighted by Crippen LogP contribution is -2.31. The predicted molar refractivity (Wildman–Crippen MR) is 128 cm³/mol. The maximum atomic E-state index is 13.4. The van der Waals surface area contributed by atoms with Crippen LogP contribution in [0.2, 0.25) is 0 Å². The number of hydrogen-bond acceptors (Lipinski definition) is 5. The van der Waals surface area contributed by atoms with Gasteiger partial charge in [0.2, 0.25) is 0 Å². The minimum Gasteiger partial charge on any atom is -0.465 e. The smallest absolute Gasteiger partial charge is 0.416 e. The summed E-state index contributed by atoms with van der Waals surface area (Å²) < 4.78 is 45.4. The first kappa shape index (κ1) is 25.3. The van der Waals surface area contributed by atoms with E-state index in [0.717, 1.165) is 17.7 Å². The summed E-state index contributed by atoms with van der Waals surface area (Å²) in [6.07, 6.45) is -4.40. The number of amides is 1. The molecule has 0 radical (unpaired) electrons. The molecule has 10 heteroatoms. The number of nitrogens with one attached hydrogen (secondary N) is 1. The van der Waals surface area contributed by atoms with Gasteiger partial charge >= 0.3 is 12.1 Å². The first-order chi connectivity index (χ1) is 17.0. The summed E-state index contributed by atoms with van der Waals surface area (Å²) in [4.78, 5) is 27.0. The molecule has 2 heterocycles. The molecule has 36 heavy (non-hydrogen) atoms. The lowest BCUT2D eigenvalue weighted by molar-refractivity contribution is -0.137. The molecule has 7 nitrogen and oxygen atoms in total. The second-order valence-corrected chi connectivity index (χ2v) is 8.81. The number of carbonyl (C=O) groups is 2. The van der Waals surface area contributed by atoms with Crippen LogP contribution >= 0.6 is 0 Å². The molecule has 1 amide bonds. The zero-order valence-corrected chi connectivity index (χ0v) is 20.4. The van der Waals surface area contributed by atoms with Crippen molar-refractivity contribution < 1.29 is 27.5 Å². The standard InChI is InChI=1S/C26H27F3N4O3/c1-15(18-5-7-20(8-6-18)25(35)36-4)30-23(34)22-16(2)31-33-14-13-32(24(22)33)17(3)19-9-11-21(12-10-19)26(27,28)29/h5-12,15,17H,13-14H2,1-4H3,(H,30,34)/t15-,17+/m0/s1. The van der Waals surface area contributed by atoms with Crippen LogP contribution in [0.5, 0.6) is 0 Å². The number of ether oxygens (including phenoxy) is 1. The van der Waals surface area contributed by atoms with Crippen LogP contribution in [-0.2, 0) is 17.5 Å². The van der Waals surface area contributed by atoms with Crippen LogP contribution in [0, 0.1) is 6.92 Å². The number of anilines is 1. The molecule has 0 bridgehead atoms. The van der Waals surface area contributed by atoms with Crippen molar-refractivity contribution in [3.63, 3.8) is 0 Å². The van der Waals surface area contributed by atoms with Crippen molar-refractivity contribution in [2.75, 3.05) is 18.6 Å². The fourth-order valence-corrected chi connectivity index (χ4v) is 4.48. The van der Waals surface area contributed by atoms with Gasteiger partial charge in [-0.3, -0.25) is 4.79 Å². The summed E-state index contributed by atoms with van der Waals surface area (Å²) in [6.45, 7) is 6.64. The molecular formula is C26H27F3N4O3. The van der Waals surface area contributed by atoms with Crippen LogP contribution in [0.4, 0.5) is 19.0 Å². The lowest BCUT2D eigenvalue weighted by atomic mass is 10.0. The van der Waals surface area contributed by atoms with E-state index in [4.69, 9.17) is 4.74 Å². The Bertz CT molecular complexity index is 1270. The minimum atomic E-state index is -4.40. The highest BCUT2D eigenvalue weighted by Gasteiger charge is 2.34. The van der Waals surface area contributed by atoms with Crippen LogP contribution < -0.4 is 10.2 Å². The van der Waals surface area contributed by atoms with E-state index in [0.29, 0.717) is 41.3 Å². The first-order valence-corrected chi connectivity index (χ1v) is 11.5. The number of methoxy groups -OCH3 is 1. The quantitative estimate of drug-likeness (QED) is 0.479. The molecule has 0 unspecified atom stereocenters. The van der Waals surface area contributed by atoms with Crippen LogP contribution in [0.3, 0.4) is 0 Å². The van der Waals surface area contributed by atoms with E-state index in [1.807, 2.05) is 18.7 Å². The summed E-state index contributed by atoms with van der Waals surface area (Å²) in [7, 11) is 1.31. The van der Waals surface area contributed by atoms with Gasteiger partial charge in [-0.2, -0.15) is 18.3 Å². The average molecular weight is 501 g/mol. The molecule has 0 aliphatic carbocycles. The Morgan fingerprint density at radius 2 is 1.61 bits per heavy atom. The normalized spacial score (nSPS) is 14.8. The fourth-order valence-electron chi connectivity index (χ4n) is 4.48. The Morgan fingerprint density at radius 3 is 2.19 bits per heavy atom. The number of aromatic nitrogens is 2. The van der Waals surface area contributed by atoms with Crippen LogP contribution in [0.1, 0.15) is 69.0 Å². The van der Waals surface area contributed by atoms with Crippen molar-refractivity contribution >= 4 is 17.7 Å². The van der Waals surface area contributed by atoms with Gasteiger partial charge in [0.1, 0.15) is 11.4 Å². The molecule has 0 saturated heterocycles. The van der Waals surface area contributed by atoms with E-state index in [1.165, 1.54) is 19.2 Å². The van der Waals surface area contributed by atoms with Gasteiger partial charge in [-0.05, 0) is 56.2 Å². The van der Waals surface area contributed by atoms with Crippen molar-refractivity contribution in [2.45, 2.75) is 45.6 Å². The minimum absolute atomic E-state index is 0.264. The van der Waals surface area contributed by atoms with Crippen LogP contribution in [-0.4, -0.2) is 35.3 Å². The lowest BCUT2D eigenvalue weighted by Gasteiger charge is -2.27. The summed E-state index contributed by atoms with van der Waals surface area (Å²) in [6, 6.07) is 11.3. The summed E-state index contributed by atoms with van der Waals surface area (Å²) in [5, 5.41) is 7.51. The zero-order chi connectivity index (χ0) is 26.2. The zero-order valence-electron chi connectivity index (χ0n) is 20.4. The van der Waals surface area contributed by atoms with E-state index < -0.39 is 17.7 Å². The van der Waals surface area contributed by atoms with Crippen LogP contribution in [0.15, 0.2) is 48.5 Å². The Morgan fingerprint density at radius 1 is 1.00 bits per heavy atom. The maximum Gasteiger partial charge on any atom is 0.416 e. The van der Waals surface area contributed by atoms with Crippen LogP contribution in [0.25, 0.3) is 0 Å². The molecule has 2 aromatic carbocycles. The SMILES string of the molecule is COC(=O)c1ccc([C@H](C)NC(=O)c2c(C)nn3c2N([C@H](C)c2ccc(C(F)(F)F)cc2)CC3)cc1. The van der Waals surface area contributed by atoms with Crippen molar-refractivity contribution in [3.05, 3.63) is 82.0 Å². The third-order valence-electron chi connectivity index (χ3n) is 6.52. The molecule has 0 spiro atoms.